The van der Waals surface area contributed by atoms with Gasteiger partial charge in [0.2, 0.25) is 0 Å². The number of aryl methyl sites for hydroxylation is 1. The first-order valence-corrected chi connectivity index (χ1v) is 12.7. The SMILES string of the molecule is COC(=O)CCc1cccc(OCc2cc(C3CCCC3(C)C)c(-c3cc(OC)ccc3F)cc2F)c1. The predicted molar refractivity (Wildman–Crippen MR) is 140 cm³/mol. The number of rotatable bonds is 9. The van der Waals surface area contributed by atoms with Gasteiger partial charge in [-0.05, 0) is 89.8 Å². The maximum Gasteiger partial charge on any atom is 0.305 e. The van der Waals surface area contributed by atoms with Crippen LogP contribution in [0.5, 0.6) is 11.5 Å². The third kappa shape index (κ3) is 6.12. The lowest BCUT2D eigenvalue weighted by molar-refractivity contribution is -0.140. The number of hydrogen-bond donors (Lipinski definition) is 0. The van der Waals surface area contributed by atoms with Crippen molar-refractivity contribution >= 4 is 5.97 Å². The summed E-state index contributed by atoms with van der Waals surface area (Å²) < 4.78 is 46.4. The molecule has 1 atom stereocenters. The molecule has 0 aliphatic heterocycles. The van der Waals surface area contributed by atoms with Crippen molar-refractivity contribution in [1.82, 2.24) is 0 Å². The molecule has 1 unspecified atom stereocenters. The van der Waals surface area contributed by atoms with E-state index in [2.05, 4.69) is 13.8 Å². The number of esters is 1. The van der Waals surface area contributed by atoms with E-state index >= 15 is 4.39 Å². The van der Waals surface area contributed by atoms with E-state index in [0.717, 1.165) is 30.4 Å². The molecule has 4 rings (SSSR count). The van der Waals surface area contributed by atoms with Crippen LogP contribution < -0.4 is 9.47 Å². The van der Waals surface area contributed by atoms with Crippen LogP contribution in [0.3, 0.4) is 0 Å². The summed E-state index contributed by atoms with van der Waals surface area (Å²) in [7, 11) is 2.90. The molecule has 0 amide bonds. The van der Waals surface area contributed by atoms with Gasteiger partial charge in [-0.25, -0.2) is 8.78 Å². The lowest BCUT2D eigenvalue weighted by Crippen LogP contribution is -2.17. The molecule has 0 N–H and O–H groups in total. The van der Waals surface area contributed by atoms with Gasteiger partial charge in [0.05, 0.1) is 14.2 Å². The Balaban J connectivity index is 1.66. The summed E-state index contributed by atoms with van der Waals surface area (Å²) >= 11 is 0. The van der Waals surface area contributed by atoms with Crippen LogP contribution in [-0.4, -0.2) is 20.2 Å². The van der Waals surface area contributed by atoms with Crippen molar-refractivity contribution in [2.24, 2.45) is 5.41 Å². The Labute approximate surface area is 217 Å². The van der Waals surface area contributed by atoms with E-state index in [1.165, 1.54) is 26.4 Å². The second-order valence-electron chi connectivity index (χ2n) is 10.3. The van der Waals surface area contributed by atoms with Crippen LogP contribution in [0.2, 0.25) is 0 Å². The molecule has 1 fully saturated rings. The van der Waals surface area contributed by atoms with Gasteiger partial charge in [0.1, 0.15) is 29.7 Å². The highest BCUT2D eigenvalue weighted by Gasteiger charge is 2.37. The highest BCUT2D eigenvalue weighted by Crippen LogP contribution is 2.51. The van der Waals surface area contributed by atoms with Gasteiger partial charge in [0.15, 0.2) is 0 Å². The van der Waals surface area contributed by atoms with Crippen molar-refractivity contribution in [3.05, 3.63) is 82.9 Å². The molecule has 3 aromatic rings. The third-order valence-corrected chi connectivity index (χ3v) is 7.45. The van der Waals surface area contributed by atoms with Gasteiger partial charge >= 0.3 is 5.97 Å². The molecule has 37 heavy (non-hydrogen) atoms. The molecule has 196 valence electrons. The van der Waals surface area contributed by atoms with Gasteiger partial charge in [-0.3, -0.25) is 4.79 Å². The van der Waals surface area contributed by atoms with E-state index in [9.17, 15) is 9.18 Å². The third-order valence-electron chi connectivity index (χ3n) is 7.45. The van der Waals surface area contributed by atoms with E-state index in [1.807, 2.05) is 24.3 Å². The Kier molecular flexibility index (Phi) is 8.16. The second kappa shape index (κ2) is 11.3. The topological polar surface area (TPSA) is 44.8 Å². The first-order valence-electron chi connectivity index (χ1n) is 12.7. The van der Waals surface area contributed by atoms with E-state index in [-0.39, 0.29) is 30.3 Å². The van der Waals surface area contributed by atoms with Crippen molar-refractivity contribution in [3.63, 3.8) is 0 Å². The highest BCUT2D eigenvalue weighted by atomic mass is 19.1. The predicted octanol–water partition coefficient (Wildman–Crippen LogP) is 7.62. The molecule has 1 aliphatic carbocycles. The van der Waals surface area contributed by atoms with Gasteiger partial charge in [-0.2, -0.15) is 0 Å². The summed E-state index contributed by atoms with van der Waals surface area (Å²) in [6.45, 7) is 4.47. The van der Waals surface area contributed by atoms with Crippen LogP contribution in [0.1, 0.15) is 62.1 Å². The molecule has 0 aromatic heterocycles. The van der Waals surface area contributed by atoms with Crippen LogP contribution in [0.4, 0.5) is 8.78 Å². The molecule has 0 saturated heterocycles. The molecule has 0 bridgehead atoms. The maximum absolute atomic E-state index is 15.5. The normalized spacial score (nSPS) is 16.4. The average Bonchev–Trinajstić information content (AvgIpc) is 3.25. The fraction of sp³-hybridized carbons (Fsp3) is 0.387. The minimum atomic E-state index is -0.446. The average molecular weight is 509 g/mol. The summed E-state index contributed by atoms with van der Waals surface area (Å²) in [5.74, 6) is 0.140. The van der Waals surface area contributed by atoms with Crippen molar-refractivity contribution < 1.29 is 27.8 Å². The molecule has 4 nitrogen and oxygen atoms in total. The molecule has 1 aliphatic rings. The second-order valence-corrected chi connectivity index (χ2v) is 10.3. The largest absolute Gasteiger partial charge is 0.497 e. The van der Waals surface area contributed by atoms with Gasteiger partial charge in [-0.1, -0.05) is 32.4 Å². The minimum Gasteiger partial charge on any atom is -0.497 e. The molecule has 3 aromatic carbocycles. The lowest BCUT2D eigenvalue weighted by Gasteiger charge is -2.30. The summed E-state index contributed by atoms with van der Waals surface area (Å²) in [5, 5.41) is 0. The minimum absolute atomic E-state index is 0.00796. The standard InChI is InChI=1S/C31H34F2O4/c1-31(2)14-6-9-27(31)25-16-21(19-37-23-8-5-7-20(15-23)10-13-30(34)36-4)29(33)18-24(25)26-17-22(35-3)11-12-28(26)32/h5,7-8,11-12,15-18,27H,6,9-10,13-14,19H2,1-4H3. The van der Waals surface area contributed by atoms with E-state index in [0.29, 0.717) is 34.6 Å². The number of hydrogen-bond acceptors (Lipinski definition) is 4. The Morgan fingerprint density at radius 3 is 2.49 bits per heavy atom. The Morgan fingerprint density at radius 1 is 0.973 bits per heavy atom. The Morgan fingerprint density at radius 2 is 1.78 bits per heavy atom. The summed E-state index contributed by atoms with van der Waals surface area (Å²) in [6, 6.07) is 15.3. The smallest absolute Gasteiger partial charge is 0.305 e. The number of carbonyl (C=O) groups excluding carboxylic acids is 1. The first kappa shape index (κ1) is 26.6. The summed E-state index contributed by atoms with van der Waals surface area (Å²) in [5.41, 5.74) is 3.18. The quantitative estimate of drug-likeness (QED) is 0.279. The number of methoxy groups -OCH3 is 2. The van der Waals surface area contributed by atoms with Gasteiger partial charge < -0.3 is 14.2 Å². The molecule has 0 spiro atoms. The van der Waals surface area contributed by atoms with Crippen LogP contribution in [0, 0.1) is 17.0 Å². The zero-order valence-corrected chi connectivity index (χ0v) is 21.9. The monoisotopic (exact) mass is 508 g/mol. The van der Waals surface area contributed by atoms with Crippen molar-refractivity contribution in [1.29, 1.82) is 0 Å². The number of ether oxygens (including phenoxy) is 3. The molecular formula is C31H34F2O4. The van der Waals surface area contributed by atoms with E-state index in [1.54, 1.807) is 18.2 Å². The fourth-order valence-electron chi connectivity index (χ4n) is 5.31. The Hall–Kier alpha value is -3.41. The number of benzene rings is 3. The molecule has 0 heterocycles. The van der Waals surface area contributed by atoms with Crippen LogP contribution >= 0.6 is 0 Å². The molecule has 0 radical (unpaired) electrons. The van der Waals surface area contributed by atoms with E-state index < -0.39 is 11.6 Å². The first-order chi connectivity index (χ1) is 17.7. The van der Waals surface area contributed by atoms with Gasteiger partial charge in [-0.15, -0.1) is 0 Å². The molecule has 1 saturated carbocycles. The van der Waals surface area contributed by atoms with Crippen molar-refractivity contribution in [2.75, 3.05) is 14.2 Å². The Bertz CT molecular complexity index is 1270. The zero-order chi connectivity index (χ0) is 26.6. The van der Waals surface area contributed by atoms with Crippen molar-refractivity contribution in [2.45, 2.75) is 58.5 Å². The van der Waals surface area contributed by atoms with Crippen LogP contribution in [0.15, 0.2) is 54.6 Å². The highest BCUT2D eigenvalue weighted by molar-refractivity contribution is 5.71. The summed E-state index contributed by atoms with van der Waals surface area (Å²) in [4.78, 5) is 11.5. The van der Waals surface area contributed by atoms with E-state index in [4.69, 9.17) is 14.2 Å². The van der Waals surface area contributed by atoms with Crippen LogP contribution in [-0.2, 0) is 22.6 Å². The van der Waals surface area contributed by atoms with Gasteiger partial charge in [0, 0.05) is 17.5 Å². The number of carbonyl (C=O) groups is 1. The fourth-order valence-corrected chi connectivity index (χ4v) is 5.31. The lowest BCUT2D eigenvalue weighted by atomic mass is 9.75. The van der Waals surface area contributed by atoms with Gasteiger partial charge in [0.25, 0.3) is 0 Å². The van der Waals surface area contributed by atoms with Crippen molar-refractivity contribution in [3.8, 4) is 22.6 Å². The number of halogens is 2. The molecular weight excluding hydrogens is 474 g/mol. The summed E-state index contributed by atoms with van der Waals surface area (Å²) in [6.07, 6.45) is 3.88. The molecule has 6 heteroatoms. The van der Waals surface area contributed by atoms with Crippen LogP contribution in [0.25, 0.3) is 11.1 Å². The zero-order valence-electron chi connectivity index (χ0n) is 21.9. The maximum atomic E-state index is 15.5.